The van der Waals surface area contributed by atoms with Crippen molar-refractivity contribution in [3.05, 3.63) is 77.5 Å². The summed E-state index contributed by atoms with van der Waals surface area (Å²) in [5.41, 5.74) is 1.83. The Morgan fingerprint density at radius 1 is 0.958 bits per heavy atom. The molecule has 0 atom stereocenters. The maximum Gasteiger partial charge on any atom is 0.217 e. The molecule has 0 saturated heterocycles. The molecule has 0 N–H and O–H groups in total. The zero-order chi connectivity index (χ0) is 16.9. The Labute approximate surface area is 139 Å². The number of aromatic nitrogens is 2. The molecule has 1 heterocycles. The number of rotatable bonds is 5. The standard InChI is InChI=1S/C19H16F2N2O/c1-2-16-11-18(23-19(22-16)13-6-4-3-5-7-13)24-12-14-10-15(20)8-9-17(14)21/h3-11H,2,12H2,1H3. The lowest BCUT2D eigenvalue weighted by molar-refractivity contribution is 0.286. The third-order valence-corrected chi connectivity index (χ3v) is 3.53. The minimum Gasteiger partial charge on any atom is -0.473 e. The van der Waals surface area contributed by atoms with Gasteiger partial charge < -0.3 is 4.74 Å². The monoisotopic (exact) mass is 326 g/mol. The van der Waals surface area contributed by atoms with Gasteiger partial charge in [0.1, 0.15) is 18.2 Å². The zero-order valence-corrected chi connectivity index (χ0v) is 13.2. The Kier molecular flexibility index (Phi) is 4.79. The lowest BCUT2D eigenvalue weighted by Crippen LogP contribution is -2.03. The smallest absolute Gasteiger partial charge is 0.217 e. The summed E-state index contributed by atoms with van der Waals surface area (Å²) < 4.78 is 32.5. The van der Waals surface area contributed by atoms with E-state index in [1.165, 1.54) is 0 Å². The van der Waals surface area contributed by atoms with E-state index in [9.17, 15) is 8.78 Å². The third kappa shape index (κ3) is 3.74. The predicted molar refractivity (Wildman–Crippen MR) is 87.5 cm³/mol. The highest BCUT2D eigenvalue weighted by Crippen LogP contribution is 2.20. The van der Waals surface area contributed by atoms with E-state index >= 15 is 0 Å². The van der Waals surface area contributed by atoms with Crippen molar-refractivity contribution >= 4 is 0 Å². The molecule has 3 rings (SSSR count). The van der Waals surface area contributed by atoms with Gasteiger partial charge in [0.15, 0.2) is 5.82 Å². The van der Waals surface area contributed by atoms with Crippen LogP contribution in [0, 0.1) is 11.6 Å². The van der Waals surface area contributed by atoms with E-state index < -0.39 is 11.6 Å². The van der Waals surface area contributed by atoms with Crippen LogP contribution in [0.15, 0.2) is 54.6 Å². The summed E-state index contributed by atoms with van der Waals surface area (Å²) in [4.78, 5) is 8.85. The summed E-state index contributed by atoms with van der Waals surface area (Å²) >= 11 is 0. The molecule has 0 bridgehead atoms. The lowest BCUT2D eigenvalue weighted by atomic mass is 10.2. The molecule has 122 valence electrons. The van der Waals surface area contributed by atoms with Crippen LogP contribution in [0.5, 0.6) is 5.88 Å². The van der Waals surface area contributed by atoms with E-state index in [1.54, 1.807) is 6.07 Å². The molecule has 0 aliphatic heterocycles. The molecule has 1 aromatic heterocycles. The topological polar surface area (TPSA) is 35.0 Å². The number of benzene rings is 2. The summed E-state index contributed by atoms with van der Waals surface area (Å²) in [6, 6.07) is 14.5. The van der Waals surface area contributed by atoms with Crippen molar-refractivity contribution in [2.24, 2.45) is 0 Å². The van der Waals surface area contributed by atoms with Gasteiger partial charge in [0.05, 0.1) is 0 Å². The molecule has 0 fully saturated rings. The van der Waals surface area contributed by atoms with Gasteiger partial charge in [-0.15, -0.1) is 0 Å². The maximum atomic E-state index is 13.7. The Morgan fingerprint density at radius 2 is 1.75 bits per heavy atom. The second-order valence-electron chi connectivity index (χ2n) is 5.27. The molecule has 5 heteroatoms. The van der Waals surface area contributed by atoms with Gasteiger partial charge in [-0.05, 0) is 24.6 Å². The van der Waals surface area contributed by atoms with Crippen LogP contribution in [0.25, 0.3) is 11.4 Å². The van der Waals surface area contributed by atoms with Crippen molar-refractivity contribution in [1.82, 2.24) is 9.97 Å². The summed E-state index contributed by atoms with van der Waals surface area (Å²) in [6.45, 7) is 1.88. The van der Waals surface area contributed by atoms with Gasteiger partial charge in [-0.2, -0.15) is 4.98 Å². The SMILES string of the molecule is CCc1cc(OCc2cc(F)ccc2F)nc(-c2ccccc2)n1. The van der Waals surface area contributed by atoms with Crippen LogP contribution in [-0.4, -0.2) is 9.97 Å². The fourth-order valence-electron chi connectivity index (χ4n) is 2.25. The average molecular weight is 326 g/mol. The average Bonchev–Trinajstić information content (AvgIpc) is 2.63. The first kappa shape index (κ1) is 16.1. The van der Waals surface area contributed by atoms with Crippen molar-refractivity contribution in [3.8, 4) is 17.3 Å². The Bertz CT molecular complexity index is 838. The molecule has 0 aliphatic rings. The van der Waals surface area contributed by atoms with Gasteiger partial charge in [-0.3, -0.25) is 0 Å². The van der Waals surface area contributed by atoms with Crippen LogP contribution in [0.3, 0.4) is 0 Å². The molecule has 2 aromatic carbocycles. The number of hydrogen-bond acceptors (Lipinski definition) is 3. The number of aryl methyl sites for hydroxylation is 1. The Hall–Kier alpha value is -2.82. The van der Waals surface area contributed by atoms with Crippen LogP contribution >= 0.6 is 0 Å². The molecule has 0 saturated carbocycles. The number of ether oxygens (including phenoxy) is 1. The predicted octanol–water partition coefficient (Wildman–Crippen LogP) is 4.56. The first-order valence-corrected chi connectivity index (χ1v) is 7.66. The minimum absolute atomic E-state index is 0.0992. The third-order valence-electron chi connectivity index (χ3n) is 3.53. The highest BCUT2D eigenvalue weighted by atomic mass is 19.1. The zero-order valence-electron chi connectivity index (χ0n) is 13.2. The molecule has 3 aromatic rings. The van der Waals surface area contributed by atoms with Gasteiger partial charge in [0, 0.05) is 22.9 Å². The summed E-state index contributed by atoms with van der Waals surface area (Å²) in [5.74, 6) is -0.129. The molecular formula is C19H16F2N2O. The van der Waals surface area contributed by atoms with Gasteiger partial charge in [0.25, 0.3) is 0 Å². The van der Waals surface area contributed by atoms with E-state index in [2.05, 4.69) is 9.97 Å². The van der Waals surface area contributed by atoms with Crippen LogP contribution in [0.4, 0.5) is 8.78 Å². The second-order valence-corrected chi connectivity index (χ2v) is 5.27. The summed E-state index contributed by atoms with van der Waals surface area (Å²) in [6.07, 6.45) is 0.715. The molecule has 3 nitrogen and oxygen atoms in total. The van der Waals surface area contributed by atoms with E-state index in [4.69, 9.17) is 4.74 Å². The second kappa shape index (κ2) is 7.17. The first-order valence-electron chi connectivity index (χ1n) is 7.66. The highest BCUT2D eigenvalue weighted by molar-refractivity contribution is 5.55. The largest absolute Gasteiger partial charge is 0.473 e. The molecule has 0 radical (unpaired) electrons. The van der Waals surface area contributed by atoms with Gasteiger partial charge in [-0.1, -0.05) is 37.3 Å². The first-order chi connectivity index (χ1) is 11.7. The van der Waals surface area contributed by atoms with Gasteiger partial charge >= 0.3 is 0 Å². The fourth-order valence-corrected chi connectivity index (χ4v) is 2.25. The molecule has 0 amide bonds. The number of halogens is 2. The lowest BCUT2D eigenvalue weighted by Gasteiger charge is -2.10. The quantitative estimate of drug-likeness (QED) is 0.689. The summed E-state index contributed by atoms with van der Waals surface area (Å²) in [5, 5.41) is 0. The highest BCUT2D eigenvalue weighted by Gasteiger charge is 2.09. The van der Waals surface area contributed by atoms with Crippen molar-refractivity contribution in [1.29, 1.82) is 0 Å². The number of hydrogen-bond donors (Lipinski definition) is 0. The van der Waals surface area contributed by atoms with Gasteiger partial charge in [-0.25, -0.2) is 13.8 Å². The van der Waals surface area contributed by atoms with Crippen LogP contribution < -0.4 is 4.74 Å². The van der Waals surface area contributed by atoms with Crippen molar-refractivity contribution in [2.75, 3.05) is 0 Å². The van der Waals surface area contributed by atoms with E-state index in [1.807, 2.05) is 37.3 Å². The maximum absolute atomic E-state index is 13.7. The molecular weight excluding hydrogens is 310 g/mol. The van der Waals surface area contributed by atoms with E-state index in [-0.39, 0.29) is 12.2 Å². The number of nitrogens with zero attached hydrogens (tertiary/aromatic N) is 2. The molecule has 0 unspecified atom stereocenters. The van der Waals surface area contributed by atoms with Crippen LogP contribution in [-0.2, 0) is 13.0 Å². The fraction of sp³-hybridized carbons (Fsp3) is 0.158. The van der Waals surface area contributed by atoms with E-state index in [0.717, 1.165) is 29.5 Å². The van der Waals surface area contributed by atoms with Crippen LogP contribution in [0.1, 0.15) is 18.2 Å². The van der Waals surface area contributed by atoms with Gasteiger partial charge in [0.2, 0.25) is 5.88 Å². The molecule has 24 heavy (non-hydrogen) atoms. The minimum atomic E-state index is -0.510. The Balaban J connectivity index is 1.86. The van der Waals surface area contributed by atoms with Crippen molar-refractivity contribution < 1.29 is 13.5 Å². The van der Waals surface area contributed by atoms with Crippen molar-refractivity contribution in [3.63, 3.8) is 0 Å². The van der Waals surface area contributed by atoms with E-state index in [0.29, 0.717) is 18.1 Å². The Morgan fingerprint density at radius 3 is 2.50 bits per heavy atom. The molecule has 0 spiro atoms. The normalized spacial score (nSPS) is 10.6. The molecule has 0 aliphatic carbocycles. The summed E-state index contributed by atoms with van der Waals surface area (Å²) in [7, 11) is 0. The van der Waals surface area contributed by atoms with Crippen LogP contribution in [0.2, 0.25) is 0 Å². The van der Waals surface area contributed by atoms with Crippen molar-refractivity contribution in [2.45, 2.75) is 20.0 Å².